The number of aryl methyl sites for hydroxylation is 1. The smallest absolute Gasteiger partial charge is 0.115 e. The quantitative estimate of drug-likeness (QED) is 0.388. The summed E-state index contributed by atoms with van der Waals surface area (Å²) in [5.74, 6) is 1.94. The van der Waals surface area contributed by atoms with E-state index in [4.69, 9.17) is 0 Å². The van der Waals surface area contributed by atoms with Gasteiger partial charge in [-0.05, 0) is 110 Å². The van der Waals surface area contributed by atoms with Crippen molar-refractivity contribution in [2.24, 2.45) is 22.7 Å². The predicted octanol–water partition coefficient (Wildman–Crippen LogP) is 5.56. The molecule has 3 aliphatic carbocycles. The second kappa shape index (κ2) is 8.67. The Kier molecular flexibility index (Phi) is 6.33. The normalized spacial score (nSPS) is 37.3. The van der Waals surface area contributed by atoms with E-state index in [9.17, 15) is 10.2 Å². The van der Waals surface area contributed by atoms with Gasteiger partial charge in [-0.15, -0.1) is 6.58 Å². The van der Waals surface area contributed by atoms with Crippen LogP contribution >= 0.6 is 0 Å². The van der Waals surface area contributed by atoms with Crippen molar-refractivity contribution in [3.63, 3.8) is 0 Å². The average molecular weight is 412 g/mol. The minimum Gasteiger partial charge on any atom is -0.508 e. The van der Waals surface area contributed by atoms with Gasteiger partial charge >= 0.3 is 0 Å². The zero-order valence-corrected chi connectivity index (χ0v) is 19.0. The Morgan fingerprint density at radius 3 is 2.77 bits per heavy atom. The highest BCUT2D eigenvalue weighted by Crippen LogP contribution is 2.69. The summed E-state index contributed by atoms with van der Waals surface area (Å²) in [6, 6.07) is 6.07. The first kappa shape index (κ1) is 21.9. The number of rotatable bonds is 8. The Bertz CT molecular complexity index is 761. The van der Waals surface area contributed by atoms with Crippen LogP contribution in [0, 0.1) is 22.7 Å². The standard InChI is InChI=1S/C27H41NO2/c1-4-27-15-14-19-17-21(29)10-11-22(19)25(27)20(9-7-5-6-8-16-28-3)18-26(2)23(27)12-13-24(26)30/h4,10-11,17,20,23-25,28-30H,1,5-9,12-16,18H2,2-3H3/t20-,23+,24-,25+,26-,27-/m0/s1. The van der Waals surface area contributed by atoms with E-state index in [0.717, 1.165) is 38.6 Å². The molecule has 30 heavy (non-hydrogen) atoms. The molecule has 0 saturated heterocycles. The Morgan fingerprint density at radius 1 is 1.20 bits per heavy atom. The van der Waals surface area contributed by atoms with Crippen molar-refractivity contribution in [3.05, 3.63) is 42.0 Å². The summed E-state index contributed by atoms with van der Waals surface area (Å²) in [6.07, 6.45) is 13.7. The van der Waals surface area contributed by atoms with Gasteiger partial charge in [0, 0.05) is 0 Å². The first-order valence-corrected chi connectivity index (χ1v) is 12.2. The fraction of sp³-hybridized carbons (Fsp3) is 0.704. The van der Waals surface area contributed by atoms with Gasteiger partial charge in [0.1, 0.15) is 5.75 Å². The molecule has 6 atom stereocenters. The van der Waals surface area contributed by atoms with E-state index in [0.29, 0.717) is 23.5 Å². The molecule has 2 fully saturated rings. The molecule has 0 aromatic heterocycles. The molecule has 0 bridgehead atoms. The molecule has 4 rings (SSSR count). The predicted molar refractivity (Wildman–Crippen MR) is 124 cm³/mol. The molecule has 2 saturated carbocycles. The molecule has 3 heteroatoms. The lowest BCUT2D eigenvalue weighted by atomic mass is 9.44. The highest BCUT2D eigenvalue weighted by atomic mass is 16.3. The average Bonchev–Trinajstić information content (AvgIpc) is 3.04. The zero-order chi connectivity index (χ0) is 21.4. The van der Waals surface area contributed by atoms with Crippen molar-refractivity contribution in [3.8, 4) is 5.75 Å². The molecule has 3 N–H and O–H groups in total. The third kappa shape index (κ3) is 3.52. The molecule has 0 aliphatic heterocycles. The van der Waals surface area contributed by atoms with Crippen molar-refractivity contribution in [2.45, 2.75) is 83.2 Å². The first-order valence-electron chi connectivity index (χ1n) is 12.2. The van der Waals surface area contributed by atoms with E-state index in [1.807, 2.05) is 19.2 Å². The largest absolute Gasteiger partial charge is 0.508 e. The van der Waals surface area contributed by atoms with Gasteiger partial charge in [0.15, 0.2) is 0 Å². The fourth-order valence-electron chi connectivity index (χ4n) is 7.75. The summed E-state index contributed by atoms with van der Waals surface area (Å²) in [6.45, 7) is 7.86. The Balaban J connectivity index is 1.65. The second-order valence-electron chi connectivity index (χ2n) is 10.6. The molecule has 166 valence electrons. The van der Waals surface area contributed by atoms with Crippen molar-refractivity contribution < 1.29 is 10.2 Å². The number of phenolic OH excluding ortho intramolecular Hbond substituents is 1. The van der Waals surface area contributed by atoms with Gasteiger partial charge in [0.05, 0.1) is 6.10 Å². The molecule has 0 unspecified atom stereocenters. The van der Waals surface area contributed by atoms with Gasteiger partial charge in [0.2, 0.25) is 0 Å². The van der Waals surface area contributed by atoms with Crippen LogP contribution in [0.15, 0.2) is 30.9 Å². The molecule has 0 radical (unpaired) electrons. The SMILES string of the molecule is C=C[C@@]12CCc3cc(O)ccc3[C@H]1[C@@H](CCCCCCNC)C[C@@]1(C)[C@H]2CC[C@@H]1O. The molecule has 0 heterocycles. The summed E-state index contributed by atoms with van der Waals surface area (Å²) < 4.78 is 0. The summed E-state index contributed by atoms with van der Waals surface area (Å²) in [5.41, 5.74) is 2.86. The second-order valence-corrected chi connectivity index (χ2v) is 10.6. The molecule has 0 amide bonds. The number of benzene rings is 1. The number of hydrogen-bond acceptors (Lipinski definition) is 3. The van der Waals surface area contributed by atoms with Gasteiger partial charge < -0.3 is 15.5 Å². The zero-order valence-electron chi connectivity index (χ0n) is 19.0. The van der Waals surface area contributed by atoms with Crippen LogP contribution in [-0.4, -0.2) is 29.9 Å². The number of nitrogens with one attached hydrogen (secondary N) is 1. The van der Waals surface area contributed by atoms with E-state index < -0.39 is 0 Å². The van der Waals surface area contributed by atoms with Crippen molar-refractivity contribution in [2.75, 3.05) is 13.6 Å². The van der Waals surface area contributed by atoms with Gasteiger partial charge in [0.25, 0.3) is 0 Å². The lowest BCUT2D eigenvalue weighted by molar-refractivity contribution is -0.0812. The van der Waals surface area contributed by atoms with E-state index in [1.165, 1.54) is 43.2 Å². The number of allylic oxidation sites excluding steroid dienone is 1. The van der Waals surface area contributed by atoms with Gasteiger partial charge in [-0.2, -0.15) is 0 Å². The van der Waals surface area contributed by atoms with Gasteiger partial charge in [-0.3, -0.25) is 0 Å². The Hall–Kier alpha value is -1.32. The number of unbranched alkanes of at least 4 members (excludes halogenated alkanes) is 3. The summed E-state index contributed by atoms with van der Waals surface area (Å²) in [7, 11) is 2.03. The van der Waals surface area contributed by atoms with E-state index in [-0.39, 0.29) is 16.9 Å². The molecule has 3 nitrogen and oxygen atoms in total. The highest BCUT2D eigenvalue weighted by Gasteiger charge is 2.63. The minimum atomic E-state index is -0.181. The number of aliphatic hydroxyl groups is 1. The number of fused-ring (bicyclic) bond motifs is 5. The lowest BCUT2D eigenvalue weighted by Gasteiger charge is -2.60. The monoisotopic (exact) mass is 411 g/mol. The van der Waals surface area contributed by atoms with E-state index in [2.05, 4.69) is 31.0 Å². The third-order valence-corrected chi connectivity index (χ3v) is 9.11. The molecule has 3 aliphatic rings. The molecule has 1 aromatic rings. The third-order valence-electron chi connectivity index (χ3n) is 9.11. The maximum atomic E-state index is 11.0. The molecular weight excluding hydrogens is 370 g/mol. The van der Waals surface area contributed by atoms with Crippen molar-refractivity contribution >= 4 is 0 Å². The van der Waals surface area contributed by atoms with E-state index in [1.54, 1.807) is 0 Å². The van der Waals surface area contributed by atoms with Crippen molar-refractivity contribution in [1.29, 1.82) is 0 Å². The number of hydrogen-bond donors (Lipinski definition) is 3. The Labute approximate surface area is 183 Å². The van der Waals surface area contributed by atoms with Crippen LogP contribution < -0.4 is 5.32 Å². The first-order chi connectivity index (χ1) is 14.5. The molecular formula is C27H41NO2. The maximum Gasteiger partial charge on any atom is 0.115 e. The van der Waals surface area contributed by atoms with Crippen molar-refractivity contribution in [1.82, 2.24) is 5.32 Å². The van der Waals surface area contributed by atoms with Gasteiger partial charge in [-0.1, -0.05) is 38.3 Å². The fourth-order valence-corrected chi connectivity index (χ4v) is 7.75. The molecule has 1 aromatic carbocycles. The number of phenols is 1. The topological polar surface area (TPSA) is 52.5 Å². The maximum absolute atomic E-state index is 11.0. The van der Waals surface area contributed by atoms with Gasteiger partial charge in [-0.25, -0.2) is 0 Å². The van der Waals surface area contributed by atoms with Crippen LogP contribution in [0.1, 0.15) is 81.8 Å². The Morgan fingerprint density at radius 2 is 2.00 bits per heavy atom. The van der Waals surface area contributed by atoms with Crippen LogP contribution in [0.3, 0.4) is 0 Å². The highest BCUT2D eigenvalue weighted by molar-refractivity contribution is 5.43. The summed E-state index contributed by atoms with van der Waals surface area (Å²) in [4.78, 5) is 0. The number of aromatic hydroxyl groups is 1. The minimum absolute atomic E-state index is 0.00983. The van der Waals surface area contributed by atoms with Crippen LogP contribution in [-0.2, 0) is 6.42 Å². The number of aliphatic hydroxyl groups excluding tert-OH is 1. The van der Waals surface area contributed by atoms with Crippen LogP contribution in [0.2, 0.25) is 0 Å². The molecule has 0 spiro atoms. The van der Waals surface area contributed by atoms with Crippen LogP contribution in [0.25, 0.3) is 0 Å². The van der Waals surface area contributed by atoms with Crippen LogP contribution in [0.5, 0.6) is 5.75 Å². The van der Waals surface area contributed by atoms with E-state index >= 15 is 0 Å². The summed E-state index contributed by atoms with van der Waals surface area (Å²) >= 11 is 0. The lowest BCUT2D eigenvalue weighted by Crippen LogP contribution is -2.54. The van der Waals surface area contributed by atoms with Crippen LogP contribution in [0.4, 0.5) is 0 Å². The summed E-state index contributed by atoms with van der Waals surface area (Å²) in [5, 5.41) is 24.4.